The summed E-state index contributed by atoms with van der Waals surface area (Å²) in [6.45, 7) is 3.66. The zero-order valence-corrected chi connectivity index (χ0v) is 21.2. The lowest BCUT2D eigenvalue weighted by Gasteiger charge is -2.29. The molecular weight excluding hydrogens is 482 g/mol. The Morgan fingerprint density at radius 2 is 2.08 bits per heavy atom. The van der Waals surface area contributed by atoms with E-state index in [0.29, 0.717) is 38.1 Å². The lowest BCUT2D eigenvalue weighted by atomic mass is 9.97. The smallest absolute Gasteiger partial charge is 0.306 e. The Balaban J connectivity index is 1.25. The molecule has 36 heavy (non-hydrogen) atoms. The number of methoxy groups -OCH3 is 1. The van der Waals surface area contributed by atoms with Crippen molar-refractivity contribution in [1.29, 1.82) is 0 Å². The molecule has 1 fully saturated rings. The van der Waals surface area contributed by atoms with Crippen LogP contribution < -0.4 is 10.3 Å². The van der Waals surface area contributed by atoms with Crippen molar-refractivity contribution < 1.29 is 19.4 Å². The van der Waals surface area contributed by atoms with Gasteiger partial charge in [-0.2, -0.15) is 5.10 Å². The normalized spacial score (nSPS) is 15.2. The monoisotopic (exact) mass is 511 g/mol. The summed E-state index contributed by atoms with van der Waals surface area (Å²) in [6, 6.07) is 7.60. The number of carboxylic acid groups (broad SMARTS) is 1. The van der Waals surface area contributed by atoms with Gasteiger partial charge >= 0.3 is 5.97 Å². The molecule has 11 heteroatoms. The Kier molecular flexibility index (Phi) is 7.04. The first-order valence-corrected chi connectivity index (χ1v) is 12.8. The lowest BCUT2D eigenvalue weighted by molar-refractivity contribution is -0.143. The molecular formula is C25H29N5O5S. The third-order valence-electron chi connectivity index (χ3n) is 6.75. The summed E-state index contributed by atoms with van der Waals surface area (Å²) in [7, 11) is 3.47. The van der Waals surface area contributed by atoms with Crippen molar-refractivity contribution in [2.45, 2.75) is 26.0 Å². The topological polar surface area (TPSA) is 112 Å². The number of aryl methyl sites for hydroxylation is 1. The highest BCUT2D eigenvalue weighted by Gasteiger charge is 2.24. The van der Waals surface area contributed by atoms with E-state index in [9.17, 15) is 9.59 Å². The summed E-state index contributed by atoms with van der Waals surface area (Å²) in [4.78, 5) is 31.3. The SMILES string of the molecule is COc1cccc(Cn2ncc3c4sc(COCCN5CCC(C(=O)O)CC5)nc4n(C)c3c2=O)c1. The summed E-state index contributed by atoms with van der Waals surface area (Å²) in [5.41, 5.74) is 2.11. The summed E-state index contributed by atoms with van der Waals surface area (Å²) in [6.07, 6.45) is 3.12. The van der Waals surface area contributed by atoms with Crippen molar-refractivity contribution in [3.63, 3.8) is 0 Å². The van der Waals surface area contributed by atoms with Crippen LogP contribution in [0.5, 0.6) is 5.75 Å². The van der Waals surface area contributed by atoms with E-state index in [-0.39, 0.29) is 11.5 Å². The Morgan fingerprint density at radius 3 is 2.83 bits per heavy atom. The molecule has 0 saturated carbocycles. The van der Waals surface area contributed by atoms with E-state index in [1.165, 1.54) is 16.0 Å². The van der Waals surface area contributed by atoms with Crippen LogP contribution in [0.1, 0.15) is 23.4 Å². The quantitative estimate of drug-likeness (QED) is 0.342. The number of piperidine rings is 1. The van der Waals surface area contributed by atoms with Crippen molar-refractivity contribution in [1.82, 2.24) is 24.2 Å². The zero-order valence-electron chi connectivity index (χ0n) is 20.3. The molecule has 1 aliphatic heterocycles. The number of carbonyl (C=O) groups is 1. The van der Waals surface area contributed by atoms with Gasteiger partial charge in [0.25, 0.3) is 5.56 Å². The van der Waals surface area contributed by atoms with Crippen LogP contribution in [0.15, 0.2) is 35.3 Å². The molecule has 0 atom stereocenters. The molecule has 10 nitrogen and oxygen atoms in total. The Hall–Kier alpha value is -3.28. The van der Waals surface area contributed by atoms with Gasteiger partial charge < -0.3 is 24.0 Å². The van der Waals surface area contributed by atoms with Crippen molar-refractivity contribution >= 4 is 38.6 Å². The minimum atomic E-state index is -0.694. The second-order valence-electron chi connectivity index (χ2n) is 9.05. The maximum Gasteiger partial charge on any atom is 0.306 e. The van der Waals surface area contributed by atoms with Crippen LogP contribution in [0.4, 0.5) is 0 Å². The van der Waals surface area contributed by atoms with E-state index in [1.807, 2.05) is 35.9 Å². The number of ether oxygens (including phenoxy) is 2. The van der Waals surface area contributed by atoms with E-state index < -0.39 is 5.97 Å². The van der Waals surface area contributed by atoms with Crippen molar-refractivity contribution in [2.75, 3.05) is 33.4 Å². The van der Waals surface area contributed by atoms with Crippen molar-refractivity contribution in [3.8, 4) is 5.75 Å². The van der Waals surface area contributed by atoms with Crippen LogP contribution in [0.3, 0.4) is 0 Å². The van der Waals surface area contributed by atoms with Gasteiger partial charge in [0.05, 0.1) is 43.7 Å². The number of rotatable bonds is 9. The molecule has 0 bridgehead atoms. The second-order valence-corrected chi connectivity index (χ2v) is 10.1. The minimum absolute atomic E-state index is 0.160. The number of aromatic nitrogens is 4. The van der Waals surface area contributed by atoms with Gasteiger partial charge in [0.15, 0.2) is 5.65 Å². The number of likely N-dealkylation sites (tertiary alicyclic amines) is 1. The molecule has 0 spiro atoms. The average Bonchev–Trinajstić information content (AvgIpc) is 3.42. The Morgan fingerprint density at radius 1 is 1.28 bits per heavy atom. The van der Waals surface area contributed by atoms with E-state index in [1.54, 1.807) is 13.3 Å². The van der Waals surface area contributed by atoms with Gasteiger partial charge in [-0.1, -0.05) is 12.1 Å². The number of thiazole rings is 1. The van der Waals surface area contributed by atoms with Crippen molar-refractivity contribution in [2.24, 2.45) is 13.0 Å². The molecule has 190 valence electrons. The maximum atomic E-state index is 13.2. The molecule has 3 aromatic heterocycles. The Labute approximate surface area is 211 Å². The molecule has 0 amide bonds. The van der Waals surface area contributed by atoms with Gasteiger partial charge in [-0.05, 0) is 43.6 Å². The van der Waals surface area contributed by atoms with Crippen LogP contribution in [-0.4, -0.2) is 68.7 Å². The molecule has 4 aromatic rings. The fraction of sp³-hybridized carbons (Fsp3) is 0.440. The van der Waals surface area contributed by atoms with E-state index in [0.717, 1.165) is 51.7 Å². The number of hydrogen-bond donors (Lipinski definition) is 1. The van der Waals surface area contributed by atoms with Crippen LogP contribution >= 0.6 is 11.3 Å². The van der Waals surface area contributed by atoms with E-state index in [2.05, 4.69) is 10.00 Å². The maximum absolute atomic E-state index is 13.2. The van der Waals surface area contributed by atoms with Crippen LogP contribution in [-0.2, 0) is 29.7 Å². The summed E-state index contributed by atoms with van der Waals surface area (Å²) in [5.74, 6) is -0.178. The fourth-order valence-corrected chi connectivity index (χ4v) is 5.75. The van der Waals surface area contributed by atoms with Crippen LogP contribution in [0.2, 0.25) is 0 Å². The van der Waals surface area contributed by atoms with Gasteiger partial charge in [-0.3, -0.25) is 9.59 Å². The molecule has 1 N–H and O–H groups in total. The minimum Gasteiger partial charge on any atom is -0.497 e. The summed E-state index contributed by atoms with van der Waals surface area (Å²) >= 11 is 1.52. The average molecular weight is 512 g/mol. The predicted molar refractivity (Wildman–Crippen MR) is 137 cm³/mol. The standard InChI is InChI=1S/C25H29N5O5S/c1-28-21-19(13-26-30(24(21)31)14-16-4-3-5-18(12-16)34-2)22-23(28)27-20(36-22)15-35-11-10-29-8-6-17(7-9-29)25(32)33/h3-5,12-13,17H,6-11,14-15H2,1-2H3,(H,32,33). The van der Waals surface area contributed by atoms with Gasteiger partial charge in [0.1, 0.15) is 16.3 Å². The molecule has 0 unspecified atom stereocenters. The predicted octanol–water partition coefficient (Wildman–Crippen LogP) is 2.71. The molecule has 4 heterocycles. The number of aliphatic carboxylic acids is 1. The number of benzene rings is 1. The van der Waals surface area contributed by atoms with E-state index >= 15 is 0 Å². The first-order valence-electron chi connectivity index (χ1n) is 11.9. The molecule has 5 rings (SSSR count). The van der Waals surface area contributed by atoms with Crippen LogP contribution in [0.25, 0.3) is 21.3 Å². The Bertz CT molecular complexity index is 1450. The highest BCUT2D eigenvalue weighted by atomic mass is 32.1. The first-order chi connectivity index (χ1) is 17.4. The number of nitrogens with zero attached hydrogens (tertiary/aromatic N) is 5. The number of hydrogen-bond acceptors (Lipinski definition) is 8. The molecule has 1 saturated heterocycles. The van der Waals surface area contributed by atoms with Gasteiger partial charge in [0.2, 0.25) is 0 Å². The highest BCUT2D eigenvalue weighted by Crippen LogP contribution is 2.31. The fourth-order valence-electron chi connectivity index (χ4n) is 4.71. The second kappa shape index (κ2) is 10.4. The largest absolute Gasteiger partial charge is 0.497 e. The van der Waals surface area contributed by atoms with Crippen molar-refractivity contribution in [3.05, 3.63) is 51.4 Å². The molecule has 0 aliphatic carbocycles. The number of carboxylic acids is 1. The summed E-state index contributed by atoms with van der Waals surface area (Å²) < 4.78 is 15.4. The van der Waals surface area contributed by atoms with Gasteiger partial charge in [-0.15, -0.1) is 11.3 Å². The lowest BCUT2D eigenvalue weighted by Crippen LogP contribution is -2.38. The number of fused-ring (bicyclic) bond motifs is 3. The van der Waals surface area contributed by atoms with Gasteiger partial charge in [0, 0.05) is 19.0 Å². The highest BCUT2D eigenvalue weighted by molar-refractivity contribution is 7.19. The molecule has 1 aromatic carbocycles. The first kappa shape index (κ1) is 24.4. The van der Waals surface area contributed by atoms with Gasteiger partial charge in [-0.25, -0.2) is 9.67 Å². The molecule has 1 aliphatic rings. The van der Waals surface area contributed by atoms with E-state index in [4.69, 9.17) is 19.6 Å². The third-order valence-corrected chi connectivity index (χ3v) is 7.80. The zero-order chi connectivity index (χ0) is 25.2. The van der Waals surface area contributed by atoms with Crippen LogP contribution in [0, 0.1) is 5.92 Å². The molecule has 0 radical (unpaired) electrons. The summed E-state index contributed by atoms with van der Waals surface area (Å²) in [5, 5.41) is 15.2. The third kappa shape index (κ3) is 4.86.